The monoisotopic (exact) mass is 513 g/mol. The first kappa shape index (κ1) is 26.9. The van der Waals surface area contributed by atoms with Gasteiger partial charge < -0.3 is 0 Å². The van der Waals surface area contributed by atoms with E-state index in [4.69, 9.17) is 0 Å². The second kappa shape index (κ2) is 19.8. The molecule has 1 nitrogen and oxygen atoms in total. The van der Waals surface area contributed by atoms with Gasteiger partial charge in [-0.15, -0.1) is 0 Å². The summed E-state index contributed by atoms with van der Waals surface area (Å²) >= 11 is 2.40. The predicted molar refractivity (Wildman–Crippen MR) is 140 cm³/mol. The number of hydrogen-bond acceptors (Lipinski definition) is 1. The lowest BCUT2D eigenvalue weighted by Crippen LogP contribution is -2.25. The lowest BCUT2D eigenvalue weighted by molar-refractivity contribution is 0.252. The van der Waals surface area contributed by atoms with Crippen LogP contribution in [0.15, 0.2) is 24.3 Å². The van der Waals surface area contributed by atoms with E-state index in [-0.39, 0.29) is 0 Å². The highest BCUT2D eigenvalue weighted by molar-refractivity contribution is 14.1. The molecule has 0 radical (unpaired) electrons. The first-order valence-corrected chi connectivity index (χ1v) is 13.8. The van der Waals surface area contributed by atoms with Crippen LogP contribution in [0.25, 0.3) is 0 Å². The van der Waals surface area contributed by atoms with Crippen molar-refractivity contribution in [1.29, 1.82) is 0 Å². The molecule has 1 aromatic rings. The van der Waals surface area contributed by atoms with Crippen LogP contribution in [0.1, 0.15) is 122 Å². The van der Waals surface area contributed by atoms with E-state index in [9.17, 15) is 0 Å². The maximum absolute atomic E-state index is 2.72. The molecule has 0 aliphatic carbocycles. The molecular weight excluding hydrogens is 465 g/mol. The van der Waals surface area contributed by atoms with Gasteiger partial charge in [-0.3, -0.25) is 4.90 Å². The first-order chi connectivity index (χ1) is 14.3. The third-order valence-corrected chi connectivity index (χ3v) is 6.69. The summed E-state index contributed by atoms with van der Waals surface area (Å²) in [6.07, 6.45) is 22.6. The molecule has 0 bridgehead atoms. The van der Waals surface area contributed by atoms with Gasteiger partial charge >= 0.3 is 0 Å². The Labute approximate surface area is 196 Å². The van der Waals surface area contributed by atoms with Gasteiger partial charge in [0, 0.05) is 10.1 Å². The van der Waals surface area contributed by atoms with Crippen molar-refractivity contribution in [2.75, 3.05) is 13.1 Å². The molecular formula is C27H48IN. The summed E-state index contributed by atoms with van der Waals surface area (Å²) in [6, 6.07) is 9.13. The molecule has 0 heterocycles. The lowest BCUT2D eigenvalue weighted by atomic mass is 10.1. The smallest absolute Gasteiger partial charge is 0.0233 e. The van der Waals surface area contributed by atoms with Crippen molar-refractivity contribution in [3.8, 4) is 0 Å². The third-order valence-electron chi connectivity index (χ3n) is 5.98. The second-order valence-corrected chi connectivity index (χ2v) is 10.1. The molecule has 0 unspecified atom stereocenters. The van der Waals surface area contributed by atoms with Gasteiger partial charge in [-0.2, -0.15) is 0 Å². The van der Waals surface area contributed by atoms with E-state index in [2.05, 4.69) is 65.6 Å². The van der Waals surface area contributed by atoms with E-state index in [1.54, 1.807) is 0 Å². The molecule has 0 aliphatic heterocycles. The number of hydrogen-bond donors (Lipinski definition) is 0. The van der Waals surface area contributed by atoms with Crippen LogP contribution in [0.2, 0.25) is 0 Å². The second-order valence-electron chi connectivity index (χ2n) is 8.85. The van der Waals surface area contributed by atoms with Crippen LogP contribution in [0, 0.1) is 3.57 Å². The molecule has 0 amide bonds. The summed E-state index contributed by atoms with van der Waals surface area (Å²) in [7, 11) is 0. The minimum Gasteiger partial charge on any atom is -0.299 e. The summed E-state index contributed by atoms with van der Waals surface area (Å²) in [5.74, 6) is 0. The Balaban J connectivity index is 2.23. The zero-order chi connectivity index (χ0) is 21.0. The van der Waals surface area contributed by atoms with Crippen LogP contribution in [0.5, 0.6) is 0 Å². The van der Waals surface area contributed by atoms with Gasteiger partial charge in [0.1, 0.15) is 0 Å². The van der Waals surface area contributed by atoms with Crippen LogP contribution in [-0.4, -0.2) is 18.0 Å². The van der Waals surface area contributed by atoms with Crippen molar-refractivity contribution >= 4 is 22.6 Å². The maximum Gasteiger partial charge on any atom is 0.0233 e. The molecule has 1 aromatic carbocycles. The van der Waals surface area contributed by atoms with E-state index in [1.807, 2.05) is 0 Å². The molecule has 0 saturated heterocycles. The van der Waals surface area contributed by atoms with Crippen molar-refractivity contribution in [3.63, 3.8) is 0 Å². The van der Waals surface area contributed by atoms with Gasteiger partial charge in [-0.05, 0) is 66.2 Å². The van der Waals surface area contributed by atoms with E-state index in [0.717, 1.165) is 6.54 Å². The van der Waals surface area contributed by atoms with E-state index in [0.29, 0.717) is 0 Å². The average molecular weight is 514 g/mol. The van der Waals surface area contributed by atoms with Crippen LogP contribution >= 0.6 is 22.6 Å². The fourth-order valence-electron chi connectivity index (χ4n) is 4.06. The molecule has 0 fully saturated rings. The summed E-state index contributed by atoms with van der Waals surface area (Å²) < 4.78 is 1.34. The SMILES string of the molecule is CCCCCCCCCCN(CCCCCCCCCC)Cc1ccc(I)cc1. The van der Waals surface area contributed by atoms with Gasteiger partial charge in [-0.1, -0.05) is 116 Å². The Morgan fingerprint density at radius 3 is 1.34 bits per heavy atom. The summed E-state index contributed by atoms with van der Waals surface area (Å²) in [4.78, 5) is 2.72. The Bertz CT molecular complexity index is 436. The topological polar surface area (TPSA) is 3.24 Å². The molecule has 168 valence electrons. The fourth-order valence-corrected chi connectivity index (χ4v) is 4.42. The lowest BCUT2D eigenvalue weighted by Gasteiger charge is -2.22. The number of benzene rings is 1. The van der Waals surface area contributed by atoms with Gasteiger partial charge in [0.05, 0.1) is 0 Å². The Morgan fingerprint density at radius 2 is 0.931 bits per heavy atom. The molecule has 0 spiro atoms. The summed E-state index contributed by atoms with van der Waals surface area (Å²) in [5.41, 5.74) is 1.48. The van der Waals surface area contributed by atoms with Crippen molar-refractivity contribution in [2.24, 2.45) is 0 Å². The number of rotatable bonds is 20. The van der Waals surface area contributed by atoms with Gasteiger partial charge in [0.25, 0.3) is 0 Å². The number of halogens is 1. The third kappa shape index (κ3) is 16.3. The maximum atomic E-state index is 2.72. The zero-order valence-electron chi connectivity index (χ0n) is 19.6. The first-order valence-electron chi connectivity index (χ1n) is 12.7. The molecule has 1 rings (SSSR count). The Hall–Kier alpha value is -0.0900. The van der Waals surface area contributed by atoms with Crippen molar-refractivity contribution in [2.45, 2.75) is 123 Å². The highest BCUT2D eigenvalue weighted by Crippen LogP contribution is 2.14. The fraction of sp³-hybridized carbons (Fsp3) is 0.778. The Kier molecular flexibility index (Phi) is 18.4. The minimum absolute atomic E-state index is 1.13. The van der Waals surface area contributed by atoms with E-state index < -0.39 is 0 Å². The minimum atomic E-state index is 1.13. The van der Waals surface area contributed by atoms with E-state index >= 15 is 0 Å². The standard InChI is InChI=1S/C27H48IN/c1-3-5-7-9-11-13-15-17-23-29(25-26-19-21-27(28)22-20-26)24-18-16-14-12-10-8-6-4-2/h19-22H,3-18,23-25H2,1-2H3. The Morgan fingerprint density at radius 1 is 0.552 bits per heavy atom. The molecule has 29 heavy (non-hydrogen) atoms. The molecule has 0 aliphatic rings. The van der Waals surface area contributed by atoms with Gasteiger partial charge in [0.2, 0.25) is 0 Å². The van der Waals surface area contributed by atoms with Crippen molar-refractivity contribution in [1.82, 2.24) is 4.90 Å². The number of nitrogens with zero attached hydrogens (tertiary/aromatic N) is 1. The summed E-state index contributed by atoms with van der Waals surface area (Å²) in [6.45, 7) is 8.28. The summed E-state index contributed by atoms with van der Waals surface area (Å²) in [5, 5.41) is 0. The van der Waals surface area contributed by atoms with Crippen LogP contribution in [-0.2, 0) is 6.54 Å². The van der Waals surface area contributed by atoms with Crippen LogP contribution < -0.4 is 0 Å². The quantitative estimate of drug-likeness (QED) is 0.124. The van der Waals surface area contributed by atoms with E-state index in [1.165, 1.54) is 125 Å². The number of unbranched alkanes of at least 4 members (excludes halogenated alkanes) is 14. The van der Waals surface area contributed by atoms with Gasteiger partial charge in [-0.25, -0.2) is 0 Å². The van der Waals surface area contributed by atoms with Crippen LogP contribution in [0.4, 0.5) is 0 Å². The largest absolute Gasteiger partial charge is 0.299 e. The zero-order valence-corrected chi connectivity index (χ0v) is 21.7. The molecule has 2 heteroatoms. The molecule has 0 N–H and O–H groups in total. The predicted octanol–water partition coefficient (Wildman–Crippen LogP) is 9.37. The molecule has 0 aromatic heterocycles. The van der Waals surface area contributed by atoms with Crippen molar-refractivity contribution in [3.05, 3.63) is 33.4 Å². The normalized spacial score (nSPS) is 11.4. The highest BCUT2D eigenvalue weighted by Gasteiger charge is 2.06. The average Bonchev–Trinajstić information content (AvgIpc) is 2.73. The highest BCUT2D eigenvalue weighted by atomic mass is 127. The molecule has 0 atom stereocenters. The molecule has 0 saturated carbocycles. The van der Waals surface area contributed by atoms with Gasteiger partial charge in [0.15, 0.2) is 0 Å². The van der Waals surface area contributed by atoms with Crippen molar-refractivity contribution < 1.29 is 0 Å². The van der Waals surface area contributed by atoms with Crippen LogP contribution in [0.3, 0.4) is 0 Å².